The molecule has 0 spiro atoms. The van der Waals surface area contributed by atoms with E-state index in [4.69, 9.17) is 5.73 Å². The molecule has 1 fully saturated rings. The smallest absolute Gasteiger partial charge is 0.225 e. The third kappa shape index (κ3) is 2.23. The van der Waals surface area contributed by atoms with Gasteiger partial charge in [-0.15, -0.1) is 0 Å². The van der Waals surface area contributed by atoms with Gasteiger partial charge in [0.25, 0.3) is 0 Å². The van der Waals surface area contributed by atoms with Crippen LogP contribution < -0.4 is 10.6 Å². The number of hydrogen-bond acceptors (Lipinski definition) is 4. The van der Waals surface area contributed by atoms with Gasteiger partial charge in [0.05, 0.1) is 12.4 Å². The Labute approximate surface area is 88.3 Å². The van der Waals surface area contributed by atoms with Crippen molar-refractivity contribution in [2.45, 2.75) is 25.3 Å². The molecule has 0 radical (unpaired) electrons. The number of halogens is 1. The highest BCUT2D eigenvalue weighted by molar-refractivity contribution is 5.31. The normalized spacial score (nSPS) is 16.1. The third-order valence-electron chi connectivity index (χ3n) is 2.75. The number of anilines is 1. The maximum absolute atomic E-state index is 12.7. The molecule has 1 saturated carbocycles. The van der Waals surface area contributed by atoms with Crippen molar-refractivity contribution in [3.8, 4) is 0 Å². The highest BCUT2D eigenvalue weighted by Gasteiger charge is 2.26. The van der Waals surface area contributed by atoms with Crippen LogP contribution in [0.25, 0.3) is 0 Å². The van der Waals surface area contributed by atoms with Gasteiger partial charge in [-0.05, 0) is 19.3 Å². The molecule has 1 aliphatic rings. The standard InChI is InChI=1S/C10H15FN4/c11-8-6-13-10(14-7-8)15(5-4-12)9-2-1-3-9/h6-7,9H,1-5,12H2. The average Bonchev–Trinajstić information content (AvgIpc) is 2.16. The first kappa shape index (κ1) is 10.3. The van der Waals surface area contributed by atoms with E-state index in [1.165, 1.54) is 18.8 Å². The van der Waals surface area contributed by atoms with E-state index in [2.05, 4.69) is 14.9 Å². The summed E-state index contributed by atoms with van der Waals surface area (Å²) in [5, 5.41) is 0. The van der Waals surface area contributed by atoms with Gasteiger partial charge in [-0.1, -0.05) is 0 Å². The van der Waals surface area contributed by atoms with Crippen molar-refractivity contribution >= 4 is 5.95 Å². The van der Waals surface area contributed by atoms with E-state index >= 15 is 0 Å². The summed E-state index contributed by atoms with van der Waals surface area (Å²) in [6.07, 6.45) is 5.95. The monoisotopic (exact) mass is 210 g/mol. The minimum absolute atomic E-state index is 0.403. The minimum Gasteiger partial charge on any atom is -0.337 e. The summed E-state index contributed by atoms with van der Waals surface area (Å²) in [6.45, 7) is 1.30. The average molecular weight is 210 g/mol. The van der Waals surface area contributed by atoms with Crippen molar-refractivity contribution < 1.29 is 4.39 Å². The molecule has 4 nitrogen and oxygen atoms in total. The number of nitrogens with two attached hydrogens (primary N) is 1. The van der Waals surface area contributed by atoms with Gasteiger partial charge in [0, 0.05) is 19.1 Å². The van der Waals surface area contributed by atoms with Gasteiger partial charge in [0.15, 0.2) is 5.82 Å². The summed E-state index contributed by atoms with van der Waals surface area (Å²) in [5.41, 5.74) is 5.54. The molecule has 0 amide bonds. The molecule has 0 aliphatic heterocycles. The lowest BCUT2D eigenvalue weighted by molar-refractivity contribution is 0.383. The van der Waals surface area contributed by atoms with Crippen molar-refractivity contribution in [3.63, 3.8) is 0 Å². The van der Waals surface area contributed by atoms with Crippen LogP contribution in [0.5, 0.6) is 0 Å². The summed E-state index contributed by atoms with van der Waals surface area (Å²) in [7, 11) is 0. The quantitative estimate of drug-likeness (QED) is 0.803. The number of aromatic nitrogens is 2. The van der Waals surface area contributed by atoms with Gasteiger partial charge >= 0.3 is 0 Å². The van der Waals surface area contributed by atoms with Crippen molar-refractivity contribution in [2.75, 3.05) is 18.0 Å². The van der Waals surface area contributed by atoms with Gasteiger partial charge in [0.1, 0.15) is 0 Å². The molecule has 1 aliphatic carbocycles. The molecule has 0 saturated heterocycles. The highest BCUT2D eigenvalue weighted by Crippen LogP contribution is 2.26. The van der Waals surface area contributed by atoms with Crippen LogP contribution in [0.1, 0.15) is 19.3 Å². The largest absolute Gasteiger partial charge is 0.337 e. The number of hydrogen-bond donors (Lipinski definition) is 1. The van der Waals surface area contributed by atoms with Gasteiger partial charge in [0.2, 0.25) is 5.95 Å². The minimum atomic E-state index is -0.403. The molecular formula is C10H15FN4. The van der Waals surface area contributed by atoms with Crippen LogP contribution in [0.3, 0.4) is 0 Å². The summed E-state index contributed by atoms with van der Waals surface area (Å²) >= 11 is 0. The Morgan fingerprint density at radius 3 is 2.53 bits per heavy atom. The zero-order valence-corrected chi connectivity index (χ0v) is 8.56. The lowest BCUT2D eigenvalue weighted by atomic mass is 9.92. The van der Waals surface area contributed by atoms with Crippen LogP contribution >= 0.6 is 0 Å². The van der Waals surface area contributed by atoms with Crippen molar-refractivity contribution in [2.24, 2.45) is 5.73 Å². The van der Waals surface area contributed by atoms with Crippen LogP contribution in [0.15, 0.2) is 12.4 Å². The SMILES string of the molecule is NCCN(c1ncc(F)cn1)C1CCC1. The Morgan fingerprint density at radius 2 is 2.07 bits per heavy atom. The van der Waals surface area contributed by atoms with Crippen molar-refractivity contribution in [1.82, 2.24) is 9.97 Å². The van der Waals surface area contributed by atoms with Gasteiger partial charge < -0.3 is 10.6 Å². The second-order valence-electron chi connectivity index (χ2n) is 3.77. The Balaban J connectivity index is 2.12. The molecule has 0 atom stereocenters. The Hall–Kier alpha value is -1.23. The van der Waals surface area contributed by atoms with Crippen molar-refractivity contribution in [1.29, 1.82) is 0 Å². The zero-order valence-electron chi connectivity index (χ0n) is 8.56. The van der Waals surface area contributed by atoms with E-state index in [0.717, 1.165) is 19.4 Å². The molecule has 2 rings (SSSR count). The highest BCUT2D eigenvalue weighted by atomic mass is 19.1. The van der Waals surface area contributed by atoms with E-state index in [0.29, 0.717) is 18.5 Å². The van der Waals surface area contributed by atoms with E-state index in [1.807, 2.05) is 0 Å². The molecule has 0 aromatic carbocycles. The molecule has 2 N–H and O–H groups in total. The second-order valence-corrected chi connectivity index (χ2v) is 3.77. The predicted molar refractivity (Wildman–Crippen MR) is 56.0 cm³/mol. The first-order valence-corrected chi connectivity index (χ1v) is 5.25. The van der Waals surface area contributed by atoms with Crippen LogP contribution in [-0.4, -0.2) is 29.1 Å². The topological polar surface area (TPSA) is 55.0 Å². The lowest BCUT2D eigenvalue weighted by Gasteiger charge is -2.37. The van der Waals surface area contributed by atoms with Crippen molar-refractivity contribution in [3.05, 3.63) is 18.2 Å². The molecule has 1 aromatic heterocycles. The third-order valence-corrected chi connectivity index (χ3v) is 2.75. The molecule has 1 aromatic rings. The van der Waals surface area contributed by atoms with Crippen LogP contribution in [-0.2, 0) is 0 Å². The lowest BCUT2D eigenvalue weighted by Crippen LogP contribution is -2.43. The summed E-state index contributed by atoms with van der Waals surface area (Å²) < 4.78 is 12.7. The molecular weight excluding hydrogens is 195 g/mol. The number of nitrogens with zero attached hydrogens (tertiary/aromatic N) is 3. The molecule has 82 valence electrons. The Kier molecular flexibility index (Phi) is 3.11. The summed E-state index contributed by atoms with van der Waals surface area (Å²) in [5.74, 6) is 0.187. The number of rotatable bonds is 4. The van der Waals surface area contributed by atoms with E-state index in [1.54, 1.807) is 0 Å². The van der Waals surface area contributed by atoms with E-state index in [-0.39, 0.29) is 0 Å². The maximum atomic E-state index is 12.7. The van der Waals surface area contributed by atoms with E-state index < -0.39 is 5.82 Å². The van der Waals surface area contributed by atoms with E-state index in [9.17, 15) is 4.39 Å². The maximum Gasteiger partial charge on any atom is 0.225 e. The molecule has 5 heteroatoms. The van der Waals surface area contributed by atoms with Gasteiger partial charge in [-0.2, -0.15) is 0 Å². The van der Waals surface area contributed by atoms with Gasteiger partial charge in [-0.3, -0.25) is 0 Å². The van der Waals surface area contributed by atoms with Crippen LogP contribution in [0.2, 0.25) is 0 Å². The molecule has 0 unspecified atom stereocenters. The molecule has 0 bridgehead atoms. The summed E-state index contributed by atoms with van der Waals surface area (Å²) in [4.78, 5) is 10.0. The first-order valence-electron chi connectivity index (χ1n) is 5.25. The fraction of sp³-hybridized carbons (Fsp3) is 0.600. The fourth-order valence-corrected chi connectivity index (χ4v) is 1.74. The Morgan fingerprint density at radius 1 is 1.40 bits per heavy atom. The zero-order chi connectivity index (χ0) is 10.7. The first-order chi connectivity index (χ1) is 7.31. The van der Waals surface area contributed by atoms with Crippen LogP contribution in [0, 0.1) is 5.82 Å². The van der Waals surface area contributed by atoms with Crippen LogP contribution in [0.4, 0.5) is 10.3 Å². The van der Waals surface area contributed by atoms with Gasteiger partial charge in [-0.25, -0.2) is 14.4 Å². The molecule has 1 heterocycles. The predicted octanol–water partition coefficient (Wildman–Crippen LogP) is 0.933. The fourth-order valence-electron chi connectivity index (χ4n) is 1.74. The summed E-state index contributed by atoms with van der Waals surface area (Å²) in [6, 6.07) is 0.485. The molecule has 15 heavy (non-hydrogen) atoms. The Bertz CT molecular complexity index is 310. The second kappa shape index (κ2) is 4.53.